The Balaban J connectivity index is 2.20. The summed E-state index contributed by atoms with van der Waals surface area (Å²) in [5, 5.41) is 0. The number of likely N-dealkylation sites (tertiary alicyclic amines) is 1. The van der Waals surface area contributed by atoms with Gasteiger partial charge in [0, 0.05) is 6.54 Å². The van der Waals surface area contributed by atoms with Crippen LogP contribution in [0.2, 0.25) is 0 Å². The molecular weight excluding hydrogens is 222 g/mol. The second kappa shape index (κ2) is 5.35. The van der Waals surface area contributed by atoms with E-state index in [0.29, 0.717) is 0 Å². The summed E-state index contributed by atoms with van der Waals surface area (Å²) in [6.07, 6.45) is 3.32. The van der Waals surface area contributed by atoms with E-state index >= 15 is 0 Å². The second-order valence-electron chi connectivity index (χ2n) is 4.14. The lowest BCUT2D eigenvalue weighted by molar-refractivity contribution is -0.132. The highest BCUT2D eigenvalue weighted by Gasteiger charge is 2.26. The van der Waals surface area contributed by atoms with Crippen molar-refractivity contribution >= 4 is 17.5 Å². The summed E-state index contributed by atoms with van der Waals surface area (Å²) in [6, 6.07) is 10.4. The number of amides is 1. The van der Waals surface area contributed by atoms with Crippen LogP contribution in [0, 0.1) is 0 Å². The summed E-state index contributed by atoms with van der Waals surface area (Å²) in [5.41, 5.74) is 1.22. The molecule has 1 fully saturated rings. The van der Waals surface area contributed by atoms with Crippen LogP contribution in [0.3, 0.4) is 0 Å². The number of rotatable bonds is 2. The molecule has 1 amide bonds. The van der Waals surface area contributed by atoms with Crippen molar-refractivity contribution in [3.05, 3.63) is 35.9 Å². The average Bonchev–Trinajstić information content (AvgIpc) is 2.39. The molecule has 1 aliphatic rings. The summed E-state index contributed by atoms with van der Waals surface area (Å²) >= 11 is 5.65. The number of hydrogen-bond donors (Lipinski definition) is 0. The molecule has 1 saturated heterocycles. The topological polar surface area (TPSA) is 20.3 Å². The third-order valence-electron chi connectivity index (χ3n) is 3.12. The van der Waals surface area contributed by atoms with Crippen molar-refractivity contribution in [3.8, 4) is 0 Å². The van der Waals surface area contributed by atoms with Crippen molar-refractivity contribution in [1.82, 2.24) is 4.90 Å². The first-order chi connectivity index (χ1) is 7.83. The Morgan fingerprint density at radius 2 is 2.06 bits per heavy atom. The van der Waals surface area contributed by atoms with E-state index in [1.807, 2.05) is 23.1 Å². The van der Waals surface area contributed by atoms with Crippen LogP contribution in [0.4, 0.5) is 0 Å². The SMILES string of the molecule is O=C(CCl)N1CCCC[C@@H]1c1ccccc1. The lowest BCUT2D eigenvalue weighted by atomic mass is 9.95. The molecule has 3 heteroatoms. The Morgan fingerprint density at radius 3 is 2.75 bits per heavy atom. The predicted molar refractivity (Wildman–Crippen MR) is 65.5 cm³/mol. The zero-order valence-corrected chi connectivity index (χ0v) is 9.99. The Morgan fingerprint density at radius 1 is 1.31 bits per heavy atom. The van der Waals surface area contributed by atoms with Gasteiger partial charge in [0.1, 0.15) is 5.88 Å². The van der Waals surface area contributed by atoms with Gasteiger partial charge in [-0.2, -0.15) is 0 Å². The van der Waals surface area contributed by atoms with E-state index in [2.05, 4.69) is 12.1 Å². The second-order valence-corrected chi connectivity index (χ2v) is 4.41. The minimum Gasteiger partial charge on any atom is -0.335 e. The van der Waals surface area contributed by atoms with E-state index in [-0.39, 0.29) is 17.8 Å². The molecule has 1 aromatic rings. The number of nitrogens with zero attached hydrogens (tertiary/aromatic N) is 1. The lowest BCUT2D eigenvalue weighted by Crippen LogP contribution is -2.39. The van der Waals surface area contributed by atoms with Crippen molar-refractivity contribution in [2.24, 2.45) is 0 Å². The first-order valence-electron chi connectivity index (χ1n) is 5.73. The summed E-state index contributed by atoms with van der Waals surface area (Å²) in [6.45, 7) is 0.838. The van der Waals surface area contributed by atoms with Crippen LogP contribution in [-0.2, 0) is 4.79 Å². The van der Waals surface area contributed by atoms with E-state index < -0.39 is 0 Å². The molecule has 0 N–H and O–H groups in total. The molecule has 16 heavy (non-hydrogen) atoms. The third kappa shape index (κ3) is 2.38. The van der Waals surface area contributed by atoms with Crippen LogP contribution >= 0.6 is 11.6 Å². The maximum Gasteiger partial charge on any atom is 0.238 e. The van der Waals surface area contributed by atoms with Crippen molar-refractivity contribution in [1.29, 1.82) is 0 Å². The number of carbonyl (C=O) groups excluding carboxylic acids is 1. The molecule has 1 aromatic carbocycles. The monoisotopic (exact) mass is 237 g/mol. The molecule has 86 valence electrons. The fourth-order valence-corrected chi connectivity index (χ4v) is 2.48. The molecule has 1 atom stereocenters. The normalized spacial score (nSPS) is 20.8. The number of hydrogen-bond acceptors (Lipinski definition) is 1. The van der Waals surface area contributed by atoms with Gasteiger partial charge in [0.2, 0.25) is 5.91 Å². The van der Waals surface area contributed by atoms with Crippen LogP contribution in [-0.4, -0.2) is 23.2 Å². The fraction of sp³-hybridized carbons (Fsp3) is 0.462. The van der Waals surface area contributed by atoms with Crippen molar-refractivity contribution in [2.75, 3.05) is 12.4 Å². The van der Waals surface area contributed by atoms with E-state index in [1.54, 1.807) is 0 Å². The van der Waals surface area contributed by atoms with Gasteiger partial charge in [0.05, 0.1) is 6.04 Å². The average molecular weight is 238 g/mol. The first-order valence-corrected chi connectivity index (χ1v) is 6.27. The number of halogens is 1. The highest BCUT2D eigenvalue weighted by molar-refractivity contribution is 6.27. The number of benzene rings is 1. The molecule has 0 aromatic heterocycles. The van der Waals surface area contributed by atoms with Gasteiger partial charge in [-0.25, -0.2) is 0 Å². The first kappa shape index (κ1) is 11.5. The molecule has 0 radical (unpaired) electrons. The van der Waals surface area contributed by atoms with Gasteiger partial charge in [-0.1, -0.05) is 30.3 Å². The number of piperidine rings is 1. The summed E-state index contributed by atoms with van der Waals surface area (Å²) in [5.74, 6) is 0.138. The summed E-state index contributed by atoms with van der Waals surface area (Å²) in [7, 11) is 0. The summed E-state index contributed by atoms with van der Waals surface area (Å²) < 4.78 is 0. The van der Waals surface area contributed by atoms with Gasteiger partial charge in [-0.05, 0) is 24.8 Å². The van der Waals surface area contributed by atoms with Crippen molar-refractivity contribution < 1.29 is 4.79 Å². The fourth-order valence-electron chi connectivity index (χ4n) is 2.33. The smallest absolute Gasteiger partial charge is 0.238 e. The van der Waals surface area contributed by atoms with E-state index in [0.717, 1.165) is 19.4 Å². The van der Waals surface area contributed by atoms with Gasteiger partial charge in [-0.15, -0.1) is 11.6 Å². The Labute approximate surface area is 101 Å². The number of alkyl halides is 1. The van der Waals surface area contributed by atoms with Crippen LogP contribution in [0.5, 0.6) is 0 Å². The Bertz CT molecular complexity index is 352. The lowest BCUT2D eigenvalue weighted by Gasteiger charge is -2.35. The number of carbonyl (C=O) groups is 1. The van der Waals surface area contributed by atoms with Crippen LogP contribution in [0.15, 0.2) is 30.3 Å². The zero-order chi connectivity index (χ0) is 11.4. The van der Waals surface area contributed by atoms with Crippen molar-refractivity contribution in [2.45, 2.75) is 25.3 Å². The van der Waals surface area contributed by atoms with E-state index in [9.17, 15) is 4.79 Å². The molecule has 1 aliphatic heterocycles. The van der Waals surface area contributed by atoms with E-state index in [1.165, 1.54) is 12.0 Å². The molecule has 0 spiro atoms. The van der Waals surface area contributed by atoms with Gasteiger partial charge in [0.25, 0.3) is 0 Å². The standard InChI is InChI=1S/C13H16ClNO/c14-10-13(16)15-9-5-4-8-12(15)11-6-2-1-3-7-11/h1-3,6-7,12H,4-5,8-10H2/t12-/m1/s1. The van der Waals surface area contributed by atoms with Crippen LogP contribution in [0.1, 0.15) is 30.9 Å². The molecule has 0 bridgehead atoms. The molecular formula is C13H16ClNO. The van der Waals surface area contributed by atoms with Gasteiger partial charge in [-0.3, -0.25) is 4.79 Å². The molecule has 0 saturated carbocycles. The van der Waals surface area contributed by atoms with Crippen LogP contribution < -0.4 is 0 Å². The Kier molecular flexibility index (Phi) is 3.83. The van der Waals surface area contributed by atoms with Gasteiger partial charge >= 0.3 is 0 Å². The third-order valence-corrected chi connectivity index (χ3v) is 3.35. The van der Waals surface area contributed by atoms with Crippen LogP contribution in [0.25, 0.3) is 0 Å². The predicted octanol–water partition coefficient (Wildman–Crippen LogP) is 2.98. The largest absolute Gasteiger partial charge is 0.335 e. The maximum atomic E-state index is 11.7. The zero-order valence-electron chi connectivity index (χ0n) is 9.23. The highest BCUT2D eigenvalue weighted by atomic mass is 35.5. The van der Waals surface area contributed by atoms with E-state index in [4.69, 9.17) is 11.6 Å². The molecule has 2 nitrogen and oxygen atoms in total. The van der Waals surface area contributed by atoms with Gasteiger partial charge in [0.15, 0.2) is 0 Å². The molecule has 0 aliphatic carbocycles. The Hall–Kier alpha value is -1.02. The molecule has 2 rings (SSSR count). The molecule has 1 heterocycles. The minimum atomic E-state index is 0.0511. The minimum absolute atomic E-state index is 0.0511. The molecule has 0 unspecified atom stereocenters. The quantitative estimate of drug-likeness (QED) is 0.725. The van der Waals surface area contributed by atoms with Crippen molar-refractivity contribution in [3.63, 3.8) is 0 Å². The maximum absolute atomic E-state index is 11.7. The van der Waals surface area contributed by atoms with Gasteiger partial charge < -0.3 is 4.90 Å². The summed E-state index contributed by atoms with van der Waals surface area (Å²) in [4.78, 5) is 13.7. The highest BCUT2D eigenvalue weighted by Crippen LogP contribution is 2.30.